The molecule has 1 unspecified atom stereocenters. The molecule has 2 rings (SSSR count). The van der Waals surface area contributed by atoms with Crippen LogP contribution in [0.4, 0.5) is 4.79 Å². The lowest BCUT2D eigenvalue weighted by Crippen LogP contribution is -2.52. The molecule has 0 saturated carbocycles. The van der Waals surface area contributed by atoms with E-state index in [1.165, 1.54) is 0 Å². The Morgan fingerprint density at radius 1 is 1.29 bits per heavy atom. The van der Waals surface area contributed by atoms with Gasteiger partial charge in [0.15, 0.2) is 0 Å². The van der Waals surface area contributed by atoms with Crippen LogP contribution in [0.2, 0.25) is 5.02 Å². The zero-order valence-electron chi connectivity index (χ0n) is 14.6. The van der Waals surface area contributed by atoms with Crippen LogP contribution in [0.5, 0.6) is 0 Å². The predicted molar refractivity (Wildman–Crippen MR) is 93.9 cm³/mol. The summed E-state index contributed by atoms with van der Waals surface area (Å²) in [5, 5.41) is 3.66. The molecule has 0 aliphatic carbocycles. The zero-order valence-corrected chi connectivity index (χ0v) is 15.4. The van der Waals surface area contributed by atoms with E-state index in [4.69, 9.17) is 16.3 Å². The number of carbonyl (C=O) groups excluding carboxylic acids is 2. The number of likely N-dealkylation sites (tertiary alicyclic amines) is 1. The third-order valence-corrected chi connectivity index (χ3v) is 4.08. The Bertz CT molecular complexity index is 589. The Kier molecular flexibility index (Phi) is 5.75. The number of hydrogen-bond acceptors (Lipinski definition) is 3. The van der Waals surface area contributed by atoms with Gasteiger partial charge in [0.05, 0.1) is 6.04 Å². The highest BCUT2D eigenvalue weighted by molar-refractivity contribution is 6.30. The summed E-state index contributed by atoms with van der Waals surface area (Å²) in [4.78, 5) is 25.6. The van der Waals surface area contributed by atoms with Gasteiger partial charge < -0.3 is 15.0 Å². The summed E-state index contributed by atoms with van der Waals surface area (Å²) in [6, 6.07) is 7.35. The fourth-order valence-electron chi connectivity index (χ4n) is 2.57. The molecule has 1 fully saturated rings. The van der Waals surface area contributed by atoms with Gasteiger partial charge in [-0.25, -0.2) is 4.79 Å². The molecule has 2 amide bonds. The fourth-order valence-corrected chi connectivity index (χ4v) is 2.70. The Hall–Kier alpha value is -1.75. The normalized spacial score (nSPS) is 16.3. The van der Waals surface area contributed by atoms with Crippen molar-refractivity contribution < 1.29 is 14.3 Å². The molecule has 0 radical (unpaired) electrons. The number of carbonyl (C=O) groups is 2. The molecule has 1 aliphatic heterocycles. The third-order valence-electron chi connectivity index (χ3n) is 3.83. The Labute approximate surface area is 148 Å². The van der Waals surface area contributed by atoms with Crippen molar-refractivity contribution in [1.29, 1.82) is 0 Å². The van der Waals surface area contributed by atoms with Gasteiger partial charge >= 0.3 is 6.09 Å². The molecule has 1 atom stereocenters. The first-order valence-electron chi connectivity index (χ1n) is 8.17. The second-order valence-electron chi connectivity index (χ2n) is 7.30. The van der Waals surface area contributed by atoms with Gasteiger partial charge in [-0.2, -0.15) is 0 Å². The van der Waals surface area contributed by atoms with Gasteiger partial charge in [-0.05, 0) is 45.4 Å². The number of benzene rings is 1. The van der Waals surface area contributed by atoms with Crippen molar-refractivity contribution in [1.82, 2.24) is 10.2 Å². The summed E-state index contributed by atoms with van der Waals surface area (Å²) in [6.07, 6.45) is 0.103. The molecule has 5 nitrogen and oxygen atoms in total. The van der Waals surface area contributed by atoms with Gasteiger partial charge in [0.2, 0.25) is 5.91 Å². The van der Waals surface area contributed by atoms with E-state index in [9.17, 15) is 9.59 Å². The van der Waals surface area contributed by atoms with Gasteiger partial charge in [0.1, 0.15) is 5.60 Å². The van der Waals surface area contributed by atoms with E-state index in [1.54, 1.807) is 4.90 Å². The van der Waals surface area contributed by atoms with Crippen LogP contribution in [0.25, 0.3) is 0 Å². The van der Waals surface area contributed by atoms with E-state index >= 15 is 0 Å². The van der Waals surface area contributed by atoms with Crippen LogP contribution < -0.4 is 5.32 Å². The van der Waals surface area contributed by atoms with Crippen molar-refractivity contribution in [2.24, 2.45) is 5.92 Å². The molecule has 1 aliphatic rings. The summed E-state index contributed by atoms with van der Waals surface area (Å²) >= 11 is 5.87. The molecule has 24 heavy (non-hydrogen) atoms. The summed E-state index contributed by atoms with van der Waals surface area (Å²) in [6.45, 7) is 8.60. The Balaban J connectivity index is 1.73. The van der Waals surface area contributed by atoms with Crippen LogP contribution in [0, 0.1) is 5.92 Å². The SMILES string of the molecule is CC(NC(=O)CC1CN(C(=O)OC(C)(C)C)C1)c1ccc(Cl)cc1. The monoisotopic (exact) mass is 352 g/mol. The number of nitrogens with zero attached hydrogens (tertiary/aromatic N) is 1. The standard InChI is InChI=1S/C18H25ClN2O3/c1-12(14-5-7-15(19)8-6-14)20-16(22)9-13-10-21(11-13)17(23)24-18(2,3)4/h5-8,12-13H,9-11H2,1-4H3,(H,20,22). The van der Waals surface area contributed by atoms with Crippen molar-refractivity contribution >= 4 is 23.6 Å². The minimum atomic E-state index is -0.493. The van der Waals surface area contributed by atoms with Crippen LogP contribution in [-0.4, -0.2) is 35.6 Å². The van der Waals surface area contributed by atoms with E-state index in [1.807, 2.05) is 52.0 Å². The lowest BCUT2D eigenvalue weighted by atomic mass is 9.96. The number of halogens is 1. The number of nitrogens with one attached hydrogen (secondary N) is 1. The minimum Gasteiger partial charge on any atom is -0.444 e. The molecule has 1 aromatic rings. The largest absolute Gasteiger partial charge is 0.444 e. The Morgan fingerprint density at radius 3 is 2.42 bits per heavy atom. The van der Waals surface area contributed by atoms with Gasteiger partial charge in [-0.3, -0.25) is 4.79 Å². The van der Waals surface area contributed by atoms with Crippen molar-refractivity contribution in [2.75, 3.05) is 13.1 Å². The lowest BCUT2D eigenvalue weighted by molar-refractivity contribution is -0.124. The first-order chi connectivity index (χ1) is 11.1. The molecule has 1 N–H and O–H groups in total. The highest BCUT2D eigenvalue weighted by Crippen LogP contribution is 2.23. The van der Waals surface area contributed by atoms with Gasteiger partial charge in [-0.1, -0.05) is 23.7 Å². The number of hydrogen-bond donors (Lipinski definition) is 1. The molecule has 1 heterocycles. The van der Waals surface area contributed by atoms with E-state index in [0.29, 0.717) is 24.5 Å². The predicted octanol–water partition coefficient (Wildman–Crippen LogP) is 3.77. The quantitative estimate of drug-likeness (QED) is 0.897. The smallest absolute Gasteiger partial charge is 0.410 e. The maximum absolute atomic E-state index is 12.1. The molecule has 0 spiro atoms. The molecule has 0 bridgehead atoms. The van der Waals surface area contributed by atoms with Gasteiger partial charge in [0.25, 0.3) is 0 Å². The molecular formula is C18H25ClN2O3. The van der Waals surface area contributed by atoms with Crippen LogP contribution >= 0.6 is 11.6 Å². The van der Waals surface area contributed by atoms with Crippen molar-refractivity contribution in [3.05, 3.63) is 34.9 Å². The highest BCUT2D eigenvalue weighted by Gasteiger charge is 2.34. The molecular weight excluding hydrogens is 328 g/mol. The fraction of sp³-hybridized carbons (Fsp3) is 0.556. The number of rotatable bonds is 4. The summed E-state index contributed by atoms with van der Waals surface area (Å²) in [5.41, 5.74) is 0.518. The number of ether oxygens (including phenoxy) is 1. The van der Waals surface area contributed by atoms with E-state index in [2.05, 4.69) is 5.32 Å². The summed E-state index contributed by atoms with van der Waals surface area (Å²) in [7, 11) is 0. The topological polar surface area (TPSA) is 58.6 Å². The number of amides is 2. The Morgan fingerprint density at radius 2 is 1.88 bits per heavy atom. The van der Waals surface area contributed by atoms with Crippen molar-refractivity contribution in [2.45, 2.75) is 45.8 Å². The molecule has 1 aromatic carbocycles. The molecule has 0 aromatic heterocycles. The van der Waals surface area contributed by atoms with Crippen LogP contribution in [0.3, 0.4) is 0 Å². The van der Waals surface area contributed by atoms with Crippen LogP contribution in [0.1, 0.15) is 45.7 Å². The van der Waals surface area contributed by atoms with Crippen molar-refractivity contribution in [3.63, 3.8) is 0 Å². The first-order valence-corrected chi connectivity index (χ1v) is 8.54. The van der Waals surface area contributed by atoms with E-state index in [-0.39, 0.29) is 24.0 Å². The summed E-state index contributed by atoms with van der Waals surface area (Å²) < 4.78 is 5.30. The third kappa shape index (κ3) is 5.41. The zero-order chi connectivity index (χ0) is 17.9. The lowest BCUT2D eigenvalue weighted by Gasteiger charge is -2.39. The average molecular weight is 353 g/mol. The minimum absolute atomic E-state index is 0.00807. The second kappa shape index (κ2) is 7.43. The van der Waals surface area contributed by atoms with Crippen molar-refractivity contribution in [3.8, 4) is 0 Å². The first kappa shape index (κ1) is 18.6. The maximum atomic E-state index is 12.1. The van der Waals surface area contributed by atoms with Gasteiger partial charge in [0, 0.05) is 30.5 Å². The van der Waals surface area contributed by atoms with Crippen LogP contribution in [-0.2, 0) is 9.53 Å². The molecule has 132 valence electrons. The second-order valence-corrected chi connectivity index (χ2v) is 7.73. The molecule has 1 saturated heterocycles. The maximum Gasteiger partial charge on any atom is 0.410 e. The summed E-state index contributed by atoms with van der Waals surface area (Å²) in [5.74, 6) is 0.182. The van der Waals surface area contributed by atoms with Gasteiger partial charge in [-0.15, -0.1) is 0 Å². The highest BCUT2D eigenvalue weighted by atomic mass is 35.5. The molecule has 6 heteroatoms. The average Bonchev–Trinajstić information content (AvgIpc) is 2.40. The van der Waals surface area contributed by atoms with E-state index in [0.717, 1.165) is 5.56 Å². The van der Waals surface area contributed by atoms with E-state index < -0.39 is 5.60 Å². The van der Waals surface area contributed by atoms with Crippen LogP contribution in [0.15, 0.2) is 24.3 Å².